The summed E-state index contributed by atoms with van der Waals surface area (Å²) < 4.78 is 3.23. The standard InChI is InChI=1S/C15H21BrN4S.HI/c1-4-17-15(18-9-14-6-5-7-21-14)20(3)11-13-8-12(16)10-19(13)2;/h5-8,10H,4,9,11H2,1-3H3,(H,17,18);1H. The van der Waals surface area contributed by atoms with Gasteiger partial charge in [-0.1, -0.05) is 6.07 Å². The van der Waals surface area contributed by atoms with Gasteiger partial charge < -0.3 is 14.8 Å². The monoisotopic (exact) mass is 496 g/mol. The van der Waals surface area contributed by atoms with E-state index in [2.05, 4.69) is 81.5 Å². The molecule has 0 spiro atoms. The number of thiophene rings is 1. The van der Waals surface area contributed by atoms with Crippen LogP contribution in [0.3, 0.4) is 0 Å². The molecule has 2 aromatic heterocycles. The molecule has 0 radical (unpaired) electrons. The van der Waals surface area contributed by atoms with Crippen molar-refractivity contribution < 1.29 is 0 Å². The summed E-state index contributed by atoms with van der Waals surface area (Å²) in [5.74, 6) is 0.934. The van der Waals surface area contributed by atoms with Gasteiger partial charge in [0.05, 0.1) is 13.1 Å². The van der Waals surface area contributed by atoms with Gasteiger partial charge in [-0.3, -0.25) is 0 Å². The third kappa shape index (κ3) is 5.58. The molecule has 0 bridgehead atoms. The van der Waals surface area contributed by atoms with Gasteiger partial charge in [-0.15, -0.1) is 35.3 Å². The van der Waals surface area contributed by atoms with Gasteiger partial charge in [-0.2, -0.15) is 0 Å². The number of halogens is 2. The first kappa shape index (κ1) is 19.5. The van der Waals surface area contributed by atoms with E-state index in [-0.39, 0.29) is 24.0 Å². The zero-order chi connectivity index (χ0) is 15.2. The predicted octanol–water partition coefficient (Wildman–Crippen LogP) is 4.06. The Labute approximate surface area is 161 Å². The van der Waals surface area contributed by atoms with Crippen LogP contribution >= 0.6 is 51.2 Å². The topological polar surface area (TPSA) is 32.6 Å². The Balaban J connectivity index is 0.00000242. The number of aromatic nitrogens is 1. The highest BCUT2D eigenvalue weighted by Gasteiger charge is 2.09. The first-order valence-corrected chi connectivity index (χ1v) is 8.60. The predicted molar refractivity (Wildman–Crippen MR) is 109 cm³/mol. The molecule has 22 heavy (non-hydrogen) atoms. The minimum absolute atomic E-state index is 0. The van der Waals surface area contributed by atoms with E-state index in [4.69, 9.17) is 4.99 Å². The lowest BCUT2D eigenvalue weighted by Crippen LogP contribution is -2.38. The summed E-state index contributed by atoms with van der Waals surface area (Å²) >= 11 is 5.25. The molecule has 1 N–H and O–H groups in total. The summed E-state index contributed by atoms with van der Waals surface area (Å²) in [6.07, 6.45) is 2.07. The number of nitrogens with zero attached hydrogens (tertiary/aromatic N) is 3. The summed E-state index contributed by atoms with van der Waals surface area (Å²) in [5.41, 5.74) is 1.24. The number of aryl methyl sites for hydroxylation is 1. The van der Waals surface area contributed by atoms with Crippen LogP contribution in [0.25, 0.3) is 0 Å². The van der Waals surface area contributed by atoms with Gasteiger partial charge >= 0.3 is 0 Å². The molecule has 0 saturated carbocycles. The van der Waals surface area contributed by atoms with E-state index >= 15 is 0 Å². The first-order chi connectivity index (χ1) is 10.1. The molecular weight excluding hydrogens is 475 g/mol. The third-order valence-corrected chi connectivity index (χ3v) is 4.43. The quantitative estimate of drug-likeness (QED) is 0.384. The van der Waals surface area contributed by atoms with Crippen molar-refractivity contribution in [2.75, 3.05) is 13.6 Å². The molecule has 2 aromatic rings. The van der Waals surface area contributed by atoms with Gasteiger partial charge in [0.25, 0.3) is 0 Å². The second kappa shape index (κ2) is 9.57. The van der Waals surface area contributed by atoms with Gasteiger partial charge in [0.1, 0.15) is 0 Å². The molecule has 4 nitrogen and oxygen atoms in total. The fourth-order valence-electron chi connectivity index (χ4n) is 2.07. The molecule has 7 heteroatoms. The number of hydrogen-bond donors (Lipinski definition) is 1. The lowest BCUT2D eigenvalue weighted by molar-refractivity contribution is 0.462. The van der Waals surface area contributed by atoms with Crippen molar-refractivity contribution in [3.05, 3.63) is 44.8 Å². The molecule has 0 unspecified atom stereocenters. The Kier molecular flexibility index (Phi) is 8.48. The van der Waals surface area contributed by atoms with Crippen LogP contribution in [0.1, 0.15) is 17.5 Å². The molecule has 0 saturated heterocycles. The van der Waals surface area contributed by atoms with Crippen LogP contribution in [0.4, 0.5) is 0 Å². The van der Waals surface area contributed by atoms with Crippen molar-refractivity contribution >= 4 is 57.2 Å². The minimum Gasteiger partial charge on any atom is -0.357 e. The second-order valence-corrected chi connectivity index (χ2v) is 6.81. The molecule has 0 aliphatic heterocycles. The zero-order valence-electron chi connectivity index (χ0n) is 13.0. The molecular formula is C15H22BrIN4S. The Morgan fingerprint density at radius 1 is 1.50 bits per heavy atom. The normalized spacial score (nSPS) is 11.2. The number of aliphatic imine (C=N–C) groups is 1. The number of guanidine groups is 1. The smallest absolute Gasteiger partial charge is 0.194 e. The number of nitrogens with one attached hydrogen (secondary N) is 1. The van der Waals surface area contributed by atoms with Gasteiger partial charge in [0, 0.05) is 41.9 Å². The van der Waals surface area contributed by atoms with E-state index in [0.29, 0.717) is 0 Å². The molecule has 122 valence electrons. The van der Waals surface area contributed by atoms with Gasteiger partial charge in [0.15, 0.2) is 5.96 Å². The van der Waals surface area contributed by atoms with Crippen LogP contribution in [0.5, 0.6) is 0 Å². The van der Waals surface area contributed by atoms with E-state index < -0.39 is 0 Å². The van der Waals surface area contributed by atoms with Gasteiger partial charge in [0.2, 0.25) is 0 Å². The summed E-state index contributed by atoms with van der Waals surface area (Å²) in [6.45, 7) is 4.50. The van der Waals surface area contributed by atoms with Crippen LogP contribution in [0.15, 0.2) is 39.2 Å². The van der Waals surface area contributed by atoms with E-state index in [1.54, 1.807) is 11.3 Å². The lowest BCUT2D eigenvalue weighted by atomic mass is 10.4. The van der Waals surface area contributed by atoms with Crippen molar-refractivity contribution in [1.29, 1.82) is 0 Å². The van der Waals surface area contributed by atoms with Crippen LogP contribution in [-0.2, 0) is 20.1 Å². The molecule has 0 fully saturated rings. The molecule has 0 aromatic carbocycles. The lowest BCUT2D eigenvalue weighted by Gasteiger charge is -2.22. The maximum atomic E-state index is 4.71. The van der Waals surface area contributed by atoms with Crippen molar-refractivity contribution in [1.82, 2.24) is 14.8 Å². The summed E-state index contributed by atoms with van der Waals surface area (Å²) in [7, 11) is 4.13. The third-order valence-electron chi connectivity index (χ3n) is 3.13. The molecule has 0 atom stereocenters. The minimum atomic E-state index is 0. The molecule has 0 aliphatic rings. The highest BCUT2D eigenvalue weighted by Crippen LogP contribution is 2.15. The SMILES string of the molecule is CCNC(=NCc1cccs1)N(C)Cc1cc(Br)cn1C.I. The Bertz CT molecular complexity index is 595. The van der Waals surface area contributed by atoms with Crippen LogP contribution in [0, 0.1) is 0 Å². The maximum Gasteiger partial charge on any atom is 0.194 e. The first-order valence-electron chi connectivity index (χ1n) is 6.92. The largest absolute Gasteiger partial charge is 0.357 e. The van der Waals surface area contributed by atoms with E-state index in [0.717, 1.165) is 30.1 Å². The van der Waals surface area contributed by atoms with Crippen molar-refractivity contribution in [2.24, 2.45) is 12.0 Å². The number of rotatable bonds is 5. The van der Waals surface area contributed by atoms with Crippen molar-refractivity contribution in [2.45, 2.75) is 20.0 Å². The zero-order valence-corrected chi connectivity index (χ0v) is 17.8. The van der Waals surface area contributed by atoms with Crippen molar-refractivity contribution in [3.8, 4) is 0 Å². The van der Waals surface area contributed by atoms with Gasteiger partial charge in [-0.05, 0) is 40.4 Å². The second-order valence-electron chi connectivity index (χ2n) is 4.87. The highest BCUT2D eigenvalue weighted by molar-refractivity contribution is 14.0. The van der Waals surface area contributed by atoms with E-state index in [1.165, 1.54) is 10.6 Å². The molecule has 0 amide bonds. The Morgan fingerprint density at radius 3 is 2.82 bits per heavy atom. The number of hydrogen-bond acceptors (Lipinski definition) is 2. The maximum absolute atomic E-state index is 4.71. The van der Waals surface area contributed by atoms with E-state index in [9.17, 15) is 0 Å². The molecule has 2 rings (SSSR count). The fourth-order valence-corrected chi connectivity index (χ4v) is 3.27. The average molecular weight is 497 g/mol. The summed E-state index contributed by atoms with van der Waals surface area (Å²) in [6, 6.07) is 6.32. The average Bonchev–Trinajstić information content (AvgIpc) is 3.05. The summed E-state index contributed by atoms with van der Waals surface area (Å²) in [4.78, 5) is 8.14. The van der Waals surface area contributed by atoms with Crippen LogP contribution in [0.2, 0.25) is 0 Å². The molecule has 0 aliphatic carbocycles. The fraction of sp³-hybridized carbons (Fsp3) is 0.400. The molecule has 2 heterocycles. The Hall–Kier alpha value is -0.540. The highest BCUT2D eigenvalue weighted by atomic mass is 127. The summed E-state index contributed by atoms with van der Waals surface area (Å²) in [5, 5.41) is 5.44. The van der Waals surface area contributed by atoms with Crippen LogP contribution < -0.4 is 5.32 Å². The Morgan fingerprint density at radius 2 is 2.27 bits per heavy atom. The van der Waals surface area contributed by atoms with Crippen LogP contribution in [-0.4, -0.2) is 29.0 Å². The van der Waals surface area contributed by atoms with Gasteiger partial charge in [-0.25, -0.2) is 4.99 Å². The van der Waals surface area contributed by atoms with Crippen molar-refractivity contribution in [3.63, 3.8) is 0 Å². The van der Waals surface area contributed by atoms with E-state index in [1.807, 2.05) is 0 Å².